The van der Waals surface area contributed by atoms with Gasteiger partial charge in [0.15, 0.2) is 0 Å². The molecule has 0 saturated carbocycles. The fourth-order valence-electron chi connectivity index (χ4n) is 2.65. The minimum absolute atomic E-state index is 0.128. The van der Waals surface area contributed by atoms with Crippen molar-refractivity contribution in [2.75, 3.05) is 0 Å². The molecule has 1 heterocycles. The van der Waals surface area contributed by atoms with Gasteiger partial charge in [-0.05, 0) is 38.8 Å². The number of benzene rings is 1. The standard InChI is InChI=1S/C14H19NO/c1-9-5-6-11(10(2)7-9)12-8-13(16)15-14(12,3)4/h5-7,12H,8H2,1-4H3,(H,15,16). The first-order valence-corrected chi connectivity index (χ1v) is 5.78. The van der Waals surface area contributed by atoms with Crippen molar-refractivity contribution in [3.05, 3.63) is 34.9 Å². The van der Waals surface area contributed by atoms with Gasteiger partial charge in [-0.25, -0.2) is 0 Å². The fraction of sp³-hybridized carbons (Fsp3) is 0.500. The van der Waals surface area contributed by atoms with Crippen LogP contribution >= 0.6 is 0 Å². The number of rotatable bonds is 1. The van der Waals surface area contributed by atoms with E-state index < -0.39 is 0 Å². The molecule has 2 heteroatoms. The molecule has 1 atom stereocenters. The van der Waals surface area contributed by atoms with Gasteiger partial charge in [-0.3, -0.25) is 4.79 Å². The maximum Gasteiger partial charge on any atom is 0.221 e. The predicted octanol–water partition coefficient (Wildman–Crippen LogP) is 2.69. The van der Waals surface area contributed by atoms with Gasteiger partial charge in [-0.1, -0.05) is 23.8 Å². The summed E-state index contributed by atoms with van der Waals surface area (Å²) in [4.78, 5) is 11.5. The van der Waals surface area contributed by atoms with Gasteiger partial charge >= 0.3 is 0 Å². The first-order valence-electron chi connectivity index (χ1n) is 5.78. The lowest BCUT2D eigenvalue weighted by atomic mass is 9.81. The number of aryl methyl sites for hydroxylation is 2. The summed E-state index contributed by atoms with van der Waals surface area (Å²) in [6.07, 6.45) is 0.608. The zero-order valence-electron chi connectivity index (χ0n) is 10.4. The van der Waals surface area contributed by atoms with Crippen molar-refractivity contribution >= 4 is 5.91 Å². The molecule has 1 aliphatic rings. The molecule has 86 valence electrons. The van der Waals surface area contributed by atoms with Crippen LogP contribution in [0, 0.1) is 13.8 Å². The van der Waals surface area contributed by atoms with Gasteiger partial charge in [0.2, 0.25) is 5.91 Å². The molecule has 0 aromatic heterocycles. The van der Waals surface area contributed by atoms with Crippen molar-refractivity contribution in [3.63, 3.8) is 0 Å². The molecule has 16 heavy (non-hydrogen) atoms. The third-order valence-corrected chi connectivity index (χ3v) is 3.52. The second kappa shape index (κ2) is 3.62. The molecule has 0 aliphatic carbocycles. The molecule has 2 nitrogen and oxygen atoms in total. The Balaban J connectivity index is 2.41. The van der Waals surface area contributed by atoms with E-state index in [2.05, 4.69) is 51.2 Å². The van der Waals surface area contributed by atoms with Crippen LogP contribution < -0.4 is 5.32 Å². The summed E-state index contributed by atoms with van der Waals surface area (Å²) < 4.78 is 0. The SMILES string of the molecule is Cc1ccc(C2CC(=O)NC2(C)C)c(C)c1. The first-order chi connectivity index (χ1) is 7.40. The number of nitrogens with one attached hydrogen (secondary N) is 1. The lowest BCUT2D eigenvalue weighted by molar-refractivity contribution is -0.119. The zero-order chi connectivity index (χ0) is 11.9. The number of hydrogen-bond acceptors (Lipinski definition) is 1. The number of hydrogen-bond donors (Lipinski definition) is 1. The van der Waals surface area contributed by atoms with E-state index in [4.69, 9.17) is 0 Å². The third-order valence-electron chi connectivity index (χ3n) is 3.52. The predicted molar refractivity (Wildman–Crippen MR) is 65.5 cm³/mol. The Bertz CT molecular complexity index is 434. The van der Waals surface area contributed by atoms with Gasteiger partial charge in [0.1, 0.15) is 0 Å². The van der Waals surface area contributed by atoms with Crippen LogP contribution in [0.1, 0.15) is 42.9 Å². The molecule has 1 saturated heterocycles. The zero-order valence-corrected chi connectivity index (χ0v) is 10.4. The molecule has 1 N–H and O–H groups in total. The maximum atomic E-state index is 11.5. The van der Waals surface area contributed by atoms with E-state index in [0.29, 0.717) is 12.3 Å². The average molecular weight is 217 g/mol. The molecule has 1 unspecified atom stereocenters. The van der Waals surface area contributed by atoms with E-state index in [0.717, 1.165) is 0 Å². The van der Waals surface area contributed by atoms with E-state index in [9.17, 15) is 4.79 Å². The van der Waals surface area contributed by atoms with Gasteiger partial charge in [0.05, 0.1) is 0 Å². The molecule has 2 rings (SSSR count). The van der Waals surface area contributed by atoms with Crippen LogP contribution in [0.3, 0.4) is 0 Å². The molecule has 1 aromatic carbocycles. The Hall–Kier alpha value is -1.31. The Kier molecular flexibility index (Phi) is 2.53. The van der Waals surface area contributed by atoms with Crippen LogP contribution in [-0.2, 0) is 4.79 Å². The Morgan fingerprint density at radius 3 is 2.50 bits per heavy atom. The summed E-state index contributed by atoms with van der Waals surface area (Å²) in [6.45, 7) is 8.42. The summed E-state index contributed by atoms with van der Waals surface area (Å²) in [6, 6.07) is 6.48. The van der Waals surface area contributed by atoms with E-state index in [-0.39, 0.29) is 11.4 Å². The maximum absolute atomic E-state index is 11.5. The normalized spacial score (nSPS) is 23.2. The highest BCUT2D eigenvalue weighted by atomic mass is 16.2. The molecule has 1 amide bonds. The van der Waals surface area contributed by atoms with Gasteiger partial charge in [0, 0.05) is 17.9 Å². The van der Waals surface area contributed by atoms with Crippen LogP contribution in [0.15, 0.2) is 18.2 Å². The molecule has 0 spiro atoms. The van der Waals surface area contributed by atoms with Gasteiger partial charge in [-0.2, -0.15) is 0 Å². The Morgan fingerprint density at radius 2 is 2.00 bits per heavy atom. The Labute approximate surface area is 97.1 Å². The van der Waals surface area contributed by atoms with Crippen molar-refractivity contribution in [1.29, 1.82) is 0 Å². The quantitative estimate of drug-likeness (QED) is 0.770. The second-order valence-electron chi connectivity index (χ2n) is 5.39. The van der Waals surface area contributed by atoms with Crippen molar-refractivity contribution in [1.82, 2.24) is 5.32 Å². The largest absolute Gasteiger partial charge is 0.351 e. The molecule has 1 fully saturated rings. The molecule has 1 aliphatic heterocycles. The monoisotopic (exact) mass is 217 g/mol. The van der Waals surface area contributed by atoms with Gasteiger partial charge in [-0.15, -0.1) is 0 Å². The van der Waals surface area contributed by atoms with E-state index in [1.165, 1.54) is 16.7 Å². The molecule has 0 bridgehead atoms. The number of carbonyl (C=O) groups is 1. The molecule has 1 aromatic rings. The summed E-state index contributed by atoms with van der Waals surface area (Å²) in [7, 11) is 0. The topological polar surface area (TPSA) is 29.1 Å². The molecular weight excluding hydrogens is 198 g/mol. The van der Waals surface area contributed by atoms with E-state index >= 15 is 0 Å². The summed E-state index contributed by atoms with van der Waals surface area (Å²) in [5, 5.41) is 3.04. The van der Waals surface area contributed by atoms with Crippen molar-refractivity contribution in [2.24, 2.45) is 0 Å². The Morgan fingerprint density at radius 1 is 1.31 bits per heavy atom. The highest BCUT2D eigenvalue weighted by Gasteiger charge is 2.40. The van der Waals surface area contributed by atoms with E-state index in [1.807, 2.05) is 0 Å². The first kappa shape index (κ1) is 11.2. The minimum Gasteiger partial charge on any atom is -0.351 e. The van der Waals surface area contributed by atoms with Gasteiger partial charge < -0.3 is 5.32 Å². The van der Waals surface area contributed by atoms with Crippen molar-refractivity contribution in [2.45, 2.75) is 45.6 Å². The highest BCUT2D eigenvalue weighted by molar-refractivity contribution is 5.81. The van der Waals surface area contributed by atoms with E-state index in [1.54, 1.807) is 0 Å². The molecule has 0 radical (unpaired) electrons. The fourth-order valence-corrected chi connectivity index (χ4v) is 2.65. The smallest absolute Gasteiger partial charge is 0.221 e. The van der Waals surface area contributed by atoms with Crippen LogP contribution in [0.25, 0.3) is 0 Å². The van der Waals surface area contributed by atoms with Gasteiger partial charge in [0.25, 0.3) is 0 Å². The third kappa shape index (κ3) is 1.84. The summed E-state index contributed by atoms with van der Waals surface area (Å²) in [5.74, 6) is 0.454. The van der Waals surface area contributed by atoms with Crippen molar-refractivity contribution < 1.29 is 4.79 Å². The minimum atomic E-state index is -0.128. The second-order valence-corrected chi connectivity index (χ2v) is 5.39. The summed E-state index contributed by atoms with van der Waals surface area (Å²) in [5.41, 5.74) is 3.73. The van der Waals surface area contributed by atoms with Crippen LogP contribution in [0.2, 0.25) is 0 Å². The van der Waals surface area contributed by atoms with Crippen LogP contribution in [0.4, 0.5) is 0 Å². The molecular formula is C14H19NO. The lowest BCUT2D eigenvalue weighted by Gasteiger charge is -2.28. The van der Waals surface area contributed by atoms with Crippen molar-refractivity contribution in [3.8, 4) is 0 Å². The number of amides is 1. The highest BCUT2D eigenvalue weighted by Crippen LogP contribution is 2.37. The number of carbonyl (C=O) groups excluding carboxylic acids is 1. The van der Waals surface area contributed by atoms with Crippen LogP contribution in [0.5, 0.6) is 0 Å². The average Bonchev–Trinajstić information content (AvgIpc) is 2.39. The van der Waals surface area contributed by atoms with Crippen LogP contribution in [-0.4, -0.2) is 11.4 Å². The lowest BCUT2D eigenvalue weighted by Crippen LogP contribution is -2.38. The summed E-state index contributed by atoms with van der Waals surface area (Å²) >= 11 is 0.